The fraction of sp³-hybridized carbons (Fsp3) is 0.208. The lowest BCUT2D eigenvalue weighted by Crippen LogP contribution is -2.38. The van der Waals surface area contributed by atoms with E-state index in [1.165, 1.54) is 11.8 Å². The topological polar surface area (TPSA) is 72.1 Å². The normalized spacial score (nSPS) is 16.2. The van der Waals surface area contributed by atoms with Gasteiger partial charge in [-0.1, -0.05) is 48.2 Å². The van der Waals surface area contributed by atoms with Crippen LogP contribution < -0.4 is 5.73 Å². The number of nitrogens with zero attached hydrogens (tertiary/aromatic N) is 3. The van der Waals surface area contributed by atoms with Crippen molar-refractivity contribution >= 4 is 22.6 Å². The smallest absolute Gasteiger partial charge is 0.251 e. The van der Waals surface area contributed by atoms with Crippen LogP contribution in [0, 0.1) is 13.8 Å². The first-order chi connectivity index (χ1) is 14.4. The van der Waals surface area contributed by atoms with E-state index in [1.54, 1.807) is 6.20 Å². The summed E-state index contributed by atoms with van der Waals surface area (Å²) in [5.74, 6) is -0.334. The molecule has 30 heavy (non-hydrogen) atoms. The third-order valence-corrected chi connectivity index (χ3v) is 6.69. The van der Waals surface area contributed by atoms with Crippen LogP contribution in [0.4, 0.5) is 0 Å². The van der Waals surface area contributed by atoms with Crippen LogP contribution in [0.5, 0.6) is 0 Å². The average Bonchev–Trinajstić information content (AvgIpc) is 3.05. The summed E-state index contributed by atoms with van der Waals surface area (Å²) in [4.78, 5) is 24.3. The molecule has 1 atom stereocenters. The van der Waals surface area contributed by atoms with Crippen molar-refractivity contribution in [3.63, 3.8) is 0 Å². The molecule has 1 aliphatic heterocycles. The summed E-state index contributed by atoms with van der Waals surface area (Å²) < 4.78 is 0. The molecule has 0 bridgehead atoms. The van der Waals surface area contributed by atoms with Gasteiger partial charge < -0.3 is 10.6 Å². The Kier molecular flexibility index (Phi) is 5.59. The monoisotopic (exact) mass is 416 g/mol. The minimum absolute atomic E-state index is 0.334. The second kappa shape index (κ2) is 8.32. The van der Waals surface area contributed by atoms with Crippen LogP contribution in [0.1, 0.15) is 29.3 Å². The lowest BCUT2D eigenvalue weighted by molar-refractivity contribution is -0.119. The third kappa shape index (κ3) is 3.96. The van der Waals surface area contributed by atoms with Gasteiger partial charge in [0.25, 0.3) is 5.91 Å². The molecule has 5 nitrogen and oxygen atoms in total. The summed E-state index contributed by atoms with van der Waals surface area (Å²) in [5, 5.41) is -0.428. The standard InChI is InChI=1S/C24H24N4OS/c1-15-11-18(13-27-21(15)20-9-10-26-16(2)12-20)14-28-17(3)22(30-24(28)23(25)29)19-7-5-4-6-8-19/h4-13,24H,14H2,1-3H3,(H2,25,29). The molecule has 0 saturated heterocycles. The molecule has 1 aliphatic rings. The fourth-order valence-electron chi connectivity index (χ4n) is 3.76. The highest BCUT2D eigenvalue weighted by Crippen LogP contribution is 2.44. The van der Waals surface area contributed by atoms with E-state index in [-0.39, 0.29) is 5.91 Å². The Morgan fingerprint density at radius 2 is 1.83 bits per heavy atom. The lowest BCUT2D eigenvalue weighted by Gasteiger charge is -2.25. The maximum Gasteiger partial charge on any atom is 0.251 e. The number of primary amides is 1. The van der Waals surface area contributed by atoms with Crippen molar-refractivity contribution in [2.24, 2.45) is 5.73 Å². The van der Waals surface area contributed by atoms with Crippen LogP contribution in [0.15, 0.2) is 66.6 Å². The van der Waals surface area contributed by atoms with Crippen LogP contribution in [0.3, 0.4) is 0 Å². The summed E-state index contributed by atoms with van der Waals surface area (Å²) in [6.45, 7) is 6.66. The molecule has 0 radical (unpaired) electrons. The summed E-state index contributed by atoms with van der Waals surface area (Å²) >= 11 is 1.52. The molecule has 1 unspecified atom stereocenters. The second-order valence-electron chi connectivity index (χ2n) is 7.48. The molecule has 0 aliphatic carbocycles. The predicted molar refractivity (Wildman–Crippen MR) is 122 cm³/mol. The molecule has 152 valence electrons. The van der Waals surface area contributed by atoms with E-state index in [1.807, 2.05) is 50.4 Å². The van der Waals surface area contributed by atoms with Crippen molar-refractivity contribution in [2.45, 2.75) is 32.7 Å². The number of aryl methyl sites for hydroxylation is 2. The summed E-state index contributed by atoms with van der Waals surface area (Å²) in [6, 6.07) is 16.3. The number of aromatic nitrogens is 2. The number of pyridine rings is 2. The van der Waals surface area contributed by atoms with Crippen LogP contribution in [-0.2, 0) is 11.3 Å². The first-order valence-electron chi connectivity index (χ1n) is 9.81. The van der Waals surface area contributed by atoms with Gasteiger partial charge in [-0.15, -0.1) is 0 Å². The van der Waals surface area contributed by atoms with E-state index in [0.717, 1.165) is 44.2 Å². The Bertz CT molecular complexity index is 1130. The molecule has 2 aromatic heterocycles. The van der Waals surface area contributed by atoms with Crippen molar-refractivity contribution < 1.29 is 4.79 Å². The van der Waals surface area contributed by atoms with Gasteiger partial charge in [0, 0.05) is 40.8 Å². The van der Waals surface area contributed by atoms with Gasteiger partial charge in [-0.05, 0) is 49.6 Å². The highest BCUT2D eigenvalue weighted by molar-refractivity contribution is 8.09. The van der Waals surface area contributed by atoms with Gasteiger partial charge in [0.2, 0.25) is 0 Å². The van der Waals surface area contributed by atoms with Crippen molar-refractivity contribution in [1.82, 2.24) is 14.9 Å². The van der Waals surface area contributed by atoms with Crippen molar-refractivity contribution in [3.05, 3.63) is 89.0 Å². The van der Waals surface area contributed by atoms with Crippen LogP contribution in [0.25, 0.3) is 16.2 Å². The molecule has 2 N–H and O–H groups in total. The van der Waals surface area contributed by atoms with E-state index in [4.69, 9.17) is 10.7 Å². The van der Waals surface area contributed by atoms with Crippen molar-refractivity contribution in [1.29, 1.82) is 0 Å². The SMILES string of the molecule is CC1=C(c2ccccc2)SC(C(N)=O)N1Cc1cnc(-c2ccnc(C)c2)c(C)c1. The number of rotatable bonds is 5. The van der Waals surface area contributed by atoms with Gasteiger partial charge >= 0.3 is 0 Å². The summed E-state index contributed by atoms with van der Waals surface area (Å²) in [5.41, 5.74) is 13.0. The molecule has 4 rings (SSSR count). The number of hydrogen-bond donors (Lipinski definition) is 1. The number of allylic oxidation sites excluding steroid dienone is 1. The lowest BCUT2D eigenvalue weighted by atomic mass is 10.1. The number of amides is 1. The Labute approximate surface area is 181 Å². The predicted octanol–water partition coefficient (Wildman–Crippen LogP) is 4.51. The van der Waals surface area contributed by atoms with Gasteiger partial charge in [-0.2, -0.15) is 0 Å². The first kappa shape index (κ1) is 20.2. The number of thioether (sulfide) groups is 1. The minimum atomic E-state index is -0.428. The van der Waals surface area contributed by atoms with Gasteiger partial charge in [0.15, 0.2) is 5.37 Å². The molecule has 0 spiro atoms. The molecule has 0 saturated carbocycles. The zero-order valence-corrected chi connectivity index (χ0v) is 18.1. The quantitative estimate of drug-likeness (QED) is 0.663. The molecular weight excluding hydrogens is 392 g/mol. The highest BCUT2D eigenvalue weighted by Gasteiger charge is 2.34. The van der Waals surface area contributed by atoms with Crippen molar-refractivity contribution in [3.8, 4) is 11.3 Å². The average molecular weight is 417 g/mol. The van der Waals surface area contributed by atoms with Crippen LogP contribution in [0.2, 0.25) is 0 Å². The van der Waals surface area contributed by atoms with Gasteiger partial charge in [0.1, 0.15) is 0 Å². The molecule has 3 aromatic rings. The number of hydrogen-bond acceptors (Lipinski definition) is 5. The Morgan fingerprint density at radius 1 is 1.07 bits per heavy atom. The summed E-state index contributed by atoms with van der Waals surface area (Å²) in [6.07, 6.45) is 3.69. The van der Waals surface area contributed by atoms with E-state index < -0.39 is 5.37 Å². The van der Waals surface area contributed by atoms with E-state index >= 15 is 0 Å². The molecule has 1 amide bonds. The number of nitrogens with two attached hydrogens (primary N) is 1. The molecule has 0 fully saturated rings. The van der Waals surface area contributed by atoms with Crippen molar-refractivity contribution in [2.75, 3.05) is 0 Å². The third-order valence-electron chi connectivity index (χ3n) is 5.21. The van der Waals surface area contributed by atoms with E-state index in [9.17, 15) is 4.79 Å². The zero-order valence-electron chi connectivity index (χ0n) is 17.3. The van der Waals surface area contributed by atoms with E-state index in [2.05, 4.69) is 35.0 Å². The molecular formula is C24H24N4OS. The van der Waals surface area contributed by atoms with Gasteiger partial charge in [0.05, 0.1) is 5.69 Å². The highest BCUT2D eigenvalue weighted by atomic mass is 32.2. The second-order valence-corrected chi connectivity index (χ2v) is 8.57. The van der Waals surface area contributed by atoms with Gasteiger partial charge in [-0.3, -0.25) is 14.8 Å². The summed E-state index contributed by atoms with van der Waals surface area (Å²) in [7, 11) is 0. The first-order valence-corrected chi connectivity index (χ1v) is 10.7. The Morgan fingerprint density at radius 3 is 2.50 bits per heavy atom. The van der Waals surface area contributed by atoms with E-state index in [0.29, 0.717) is 6.54 Å². The fourth-order valence-corrected chi connectivity index (χ4v) is 5.02. The Hall–Kier alpha value is -3.12. The molecule has 1 aromatic carbocycles. The number of benzene rings is 1. The minimum Gasteiger partial charge on any atom is -0.367 e. The van der Waals surface area contributed by atoms with Crippen LogP contribution >= 0.6 is 11.8 Å². The number of carbonyl (C=O) groups is 1. The Balaban J connectivity index is 1.64. The molecule has 6 heteroatoms. The van der Waals surface area contributed by atoms with Crippen LogP contribution in [-0.4, -0.2) is 26.1 Å². The maximum atomic E-state index is 12.2. The largest absolute Gasteiger partial charge is 0.367 e. The maximum absolute atomic E-state index is 12.2. The number of carbonyl (C=O) groups excluding carboxylic acids is 1. The molecule has 3 heterocycles. The zero-order chi connectivity index (χ0) is 21.3. The van der Waals surface area contributed by atoms with Gasteiger partial charge in [-0.25, -0.2) is 0 Å².